The number of rotatable bonds is 8. The van der Waals surface area contributed by atoms with Gasteiger partial charge in [-0.1, -0.05) is 36.4 Å². The molecular formula is C24H23N3O3. The van der Waals surface area contributed by atoms with Gasteiger partial charge in [0, 0.05) is 23.9 Å². The third-order valence-corrected chi connectivity index (χ3v) is 5.05. The van der Waals surface area contributed by atoms with E-state index >= 15 is 0 Å². The van der Waals surface area contributed by atoms with Gasteiger partial charge in [-0.05, 0) is 47.7 Å². The van der Waals surface area contributed by atoms with Gasteiger partial charge in [0.15, 0.2) is 11.5 Å². The highest BCUT2D eigenvalue weighted by Gasteiger charge is 2.43. The topological polar surface area (TPSA) is 72.8 Å². The van der Waals surface area contributed by atoms with Crippen molar-refractivity contribution in [2.75, 3.05) is 7.11 Å². The van der Waals surface area contributed by atoms with Crippen molar-refractivity contribution in [2.24, 2.45) is 11.0 Å². The number of methoxy groups -OCH3 is 1. The van der Waals surface area contributed by atoms with E-state index in [1.54, 1.807) is 25.7 Å². The number of hydrogen-bond acceptors (Lipinski definition) is 5. The highest BCUT2D eigenvalue weighted by molar-refractivity contribution is 5.86. The molecule has 1 heterocycles. The van der Waals surface area contributed by atoms with Crippen LogP contribution in [0.5, 0.6) is 11.5 Å². The highest BCUT2D eigenvalue weighted by Crippen LogP contribution is 2.47. The number of amides is 1. The number of ether oxygens (including phenoxy) is 2. The number of benzene rings is 2. The smallest absolute Gasteiger partial charge is 0.243 e. The first-order valence-corrected chi connectivity index (χ1v) is 9.82. The van der Waals surface area contributed by atoms with Crippen LogP contribution in [0.1, 0.15) is 29.0 Å². The monoisotopic (exact) mass is 401 g/mol. The van der Waals surface area contributed by atoms with Crippen molar-refractivity contribution < 1.29 is 14.3 Å². The summed E-state index contributed by atoms with van der Waals surface area (Å²) in [5.74, 6) is 1.45. The molecule has 6 nitrogen and oxygen atoms in total. The van der Waals surface area contributed by atoms with Crippen molar-refractivity contribution in [1.29, 1.82) is 0 Å². The number of hydrazone groups is 1. The Hall–Kier alpha value is -3.67. The SMILES string of the molecule is COc1cc(/C=N/NC(=O)C2CC2c2ccccc2)ccc1OCc1cccnc1. The van der Waals surface area contributed by atoms with E-state index in [-0.39, 0.29) is 17.7 Å². The molecule has 0 radical (unpaired) electrons. The Balaban J connectivity index is 1.32. The van der Waals surface area contributed by atoms with Gasteiger partial charge >= 0.3 is 0 Å². The van der Waals surface area contributed by atoms with Gasteiger partial charge in [-0.15, -0.1) is 0 Å². The van der Waals surface area contributed by atoms with E-state index in [0.29, 0.717) is 18.1 Å². The summed E-state index contributed by atoms with van der Waals surface area (Å²) in [6.45, 7) is 0.400. The minimum atomic E-state index is -0.0523. The zero-order valence-corrected chi connectivity index (χ0v) is 16.7. The fraction of sp³-hybridized carbons (Fsp3) is 0.208. The predicted octanol–water partition coefficient (Wildman–Crippen LogP) is 3.92. The van der Waals surface area contributed by atoms with Crippen molar-refractivity contribution in [3.63, 3.8) is 0 Å². The second-order valence-electron chi connectivity index (χ2n) is 7.15. The molecule has 3 aromatic rings. The number of carbonyl (C=O) groups is 1. The Labute approximate surface area is 175 Å². The van der Waals surface area contributed by atoms with Crippen molar-refractivity contribution in [1.82, 2.24) is 10.4 Å². The number of carbonyl (C=O) groups excluding carboxylic acids is 1. The standard InChI is InChI=1S/C24H23N3O3/c1-29-23-12-17(9-10-22(23)30-16-18-6-5-11-25-14-18)15-26-27-24(28)21-13-20(21)19-7-3-2-4-8-19/h2-12,14-15,20-21H,13,16H2,1H3,(H,27,28)/b26-15+. The average molecular weight is 401 g/mol. The first-order chi connectivity index (χ1) is 14.7. The number of hydrogen-bond donors (Lipinski definition) is 1. The molecule has 1 aliphatic carbocycles. The van der Waals surface area contributed by atoms with Gasteiger partial charge in [0.1, 0.15) is 6.61 Å². The molecule has 1 saturated carbocycles. The van der Waals surface area contributed by atoms with Crippen LogP contribution >= 0.6 is 0 Å². The summed E-state index contributed by atoms with van der Waals surface area (Å²) in [5.41, 5.74) is 5.62. The number of aromatic nitrogens is 1. The fourth-order valence-electron chi connectivity index (χ4n) is 3.34. The molecule has 2 atom stereocenters. The largest absolute Gasteiger partial charge is 0.493 e. The molecule has 0 aliphatic heterocycles. The minimum Gasteiger partial charge on any atom is -0.493 e. The Bertz CT molecular complexity index is 1020. The second-order valence-corrected chi connectivity index (χ2v) is 7.15. The maximum Gasteiger partial charge on any atom is 0.243 e. The normalized spacial score (nSPS) is 17.5. The van der Waals surface area contributed by atoms with Crippen LogP contribution in [0.4, 0.5) is 0 Å². The van der Waals surface area contributed by atoms with E-state index in [9.17, 15) is 4.79 Å². The van der Waals surface area contributed by atoms with Crippen LogP contribution in [0.15, 0.2) is 78.2 Å². The molecule has 152 valence electrons. The first kappa shape index (κ1) is 19.6. The molecule has 0 spiro atoms. The summed E-state index contributed by atoms with van der Waals surface area (Å²) >= 11 is 0. The highest BCUT2D eigenvalue weighted by atomic mass is 16.5. The van der Waals surface area contributed by atoms with Crippen LogP contribution in [0, 0.1) is 5.92 Å². The van der Waals surface area contributed by atoms with Gasteiger partial charge in [-0.3, -0.25) is 9.78 Å². The lowest BCUT2D eigenvalue weighted by Crippen LogP contribution is -2.20. The molecule has 1 aliphatic rings. The van der Waals surface area contributed by atoms with Crippen molar-refractivity contribution in [2.45, 2.75) is 18.9 Å². The van der Waals surface area contributed by atoms with Crippen molar-refractivity contribution in [3.8, 4) is 11.5 Å². The Morgan fingerprint density at radius 1 is 1.17 bits per heavy atom. The van der Waals surface area contributed by atoms with Crippen LogP contribution in [-0.2, 0) is 11.4 Å². The zero-order valence-electron chi connectivity index (χ0n) is 16.7. The maximum atomic E-state index is 12.3. The Morgan fingerprint density at radius 2 is 2.03 bits per heavy atom. The third kappa shape index (κ3) is 4.84. The molecule has 30 heavy (non-hydrogen) atoms. The van der Waals surface area contributed by atoms with Crippen LogP contribution in [-0.4, -0.2) is 24.2 Å². The Kier molecular flexibility index (Phi) is 6.03. The lowest BCUT2D eigenvalue weighted by atomic mass is 10.1. The van der Waals surface area contributed by atoms with Crippen LogP contribution in [0.3, 0.4) is 0 Å². The lowest BCUT2D eigenvalue weighted by molar-refractivity contribution is -0.122. The summed E-state index contributed by atoms with van der Waals surface area (Å²) in [5, 5.41) is 4.10. The van der Waals surface area contributed by atoms with Gasteiger partial charge < -0.3 is 9.47 Å². The summed E-state index contributed by atoms with van der Waals surface area (Å²) in [6.07, 6.45) is 5.95. The van der Waals surface area contributed by atoms with Gasteiger partial charge in [0.05, 0.1) is 13.3 Å². The molecular weight excluding hydrogens is 378 g/mol. The third-order valence-electron chi connectivity index (χ3n) is 5.05. The zero-order chi connectivity index (χ0) is 20.8. The number of nitrogens with zero attached hydrogens (tertiary/aromatic N) is 2. The van der Waals surface area contributed by atoms with Crippen LogP contribution in [0.2, 0.25) is 0 Å². The predicted molar refractivity (Wildman–Crippen MR) is 115 cm³/mol. The number of pyridine rings is 1. The summed E-state index contributed by atoms with van der Waals surface area (Å²) < 4.78 is 11.2. The molecule has 1 aromatic heterocycles. The fourth-order valence-corrected chi connectivity index (χ4v) is 3.34. The van der Waals surface area contributed by atoms with E-state index in [0.717, 1.165) is 17.5 Å². The van der Waals surface area contributed by atoms with E-state index in [1.807, 2.05) is 48.5 Å². The summed E-state index contributed by atoms with van der Waals surface area (Å²) in [7, 11) is 1.59. The molecule has 2 aromatic carbocycles. The van der Waals surface area contributed by atoms with E-state index in [4.69, 9.17) is 9.47 Å². The molecule has 1 fully saturated rings. The number of nitrogens with one attached hydrogen (secondary N) is 1. The van der Waals surface area contributed by atoms with Gasteiger partial charge in [-0.25, -0.2) is 5.43 Å². The van der Waals surface area contributed by atoms with Crippen LogP contribution < -0.4 is 14.9 Å². The van der Waals surface area contributed by atoms with E-state index in [1.165, 1.54) is 5.56 Å². The molecule has 6 heteroatoms. The molecule has 4 rings (SSSR count). The molecule has 1 amide bonds. The Morgan fingerprint density at radius 3 is 2.80 bits per heavy atom. The summed E-state index contributed by atoms with van der Waals surface area (Å²) in [6, 6.07) is 19.4. The van der Waals surface area contributed by atoms with Crippen molar-refractivity contribution >= 4 is 12.1 Å². The van der Waals surface area contributed by atoms with E-state index in [2.05, 4.69) is 27.6 Å². The molecule has 2 unspecified atom stereocenters. The molecule has 1 N–H and O–H groups in total. The average Bonchev–Trinajstić information content (AvgIpc) is 3.60. The first-order valence-electron chi connectivity index (χ1n) is 9.82. The maximum absolute atomic E-state index is 12.3. The second kappa shape index (κ2) is 9.22. The van der Waals surface area contributed by atoms with Gasteiger partial charge in [0.2, 0.25) is 5.91 Å². The molecule has 0 bridgehead atoms. The van der Waals surface area contributed by atoms with E-state index < -0.39 is 0 Å². The van der Waals surface area contributed by atoms with Gasteiger partial charge in [-0.2, -0.15) is 5.10 Å². The van der Waals surface area contributed by atoms with Gasteiger partial charge in [0.25, 0.3) is 0 Å². The molecule has 0 saturated heterocycles. The minimum absolute atomic E-state index is 0.0117. The lowest BCUT2D eigenvalue weighted by Gasteiger charge is -2.11. The van der Waals surface area contributed by atoms with Crippen LogP contribution in [0.25, 0.3) is 0 Å². The quantitative estimate of drug-likeness (QED) is 0.459. The van der Waals surface area contributed by atoms with Crippen molar-refractivity contribution in [3.05, 3.63) is 89.7 Å². The summed E-state index contributed by atoms with van der Waals surface area (Å²) in [4.78, 5) is 16.4.